The molecule has 1 atom stereocenters. The summed E-state index contributed by atoms with van der Waals surface area (Å²) in [6, 6.07) is 12.0. The fourth-order valence-corrected chi connectivity index (χ4v) is 5.08. The lowest BCUT2D eigenvalue weighted by atomic mass is 10.0. The Bertz CT molecular complexity index is 1010. The van der Waals surface area contributed by atoms with E-state index < -0.39 is 10.0 Å². The Kier molecular flexibility index (Phi) is 7.36. The average molecular weight is 453 g/mol. The third-order valence-electron chi connectivity index (χ3n) is 4.82. The molecule has 0 unspecified atom stereocenters. The molecule has 3 rings (SSSR count). The number of fused-ring (bicyclic) bond motifs is 1. The number of methoxy groups -OCH3 is 1. The number of rotatable bonds is 8. The van der Waals surface area contributed by atoms with Gasteiger partial charge in [-0.3, -0.25) is 4.79 Å². The van der Waals surface area contributed by atoms with Crippen molar-refractivity contribution in [2.45, 2.75) is 30.8 Å². The molecule has 0 fully saturated rings. The van der Waals surface area contributed by atoms with Crippen LogP contribution in [0.1, 0.15) is 18.1 Å². The largest absolute Gasteiger partial charge is 0.482 e. The minimum atomic E-state index is -3.70. The van der Waals surface area contributed by atoms with Gasteiger partial charge < -0.3 is 14.8 Å². The number of hydrogen-bond acceptors (Lipinski definition) is 5. The number of carbonyl (C=O) groups is 1. The molecule has 9 heteroatoms. The number of sulfonamides is 1. The first kappa shape index (κ1) is 22.6. The molecule has 0 aromatic heterocycles. The molecule has 1 aliphatic rings. The van der Waals surface area contributed by atoms with E-state index in [0.717, 1.165) is 5.56 Å². The van der Waals surface area contributed by atoms with Gasteiger partial charge in [0.2, 0.25) is 10.0 Å². The van der Waals surface area contributed by atoms with Crippen LogP contribution in [0, 0.1) is 0 Å². The SMILES string of the molecule is COC[C@@H](C)NC(=O)COc1ccc(S(=O)(=O)N2CCc3ccccc3C2)cc1Cl. The number of amides is 1. The summed E-state index contributed by atoms with van der Waals surface area (Å²) in [4.78, 5) is 12.0. The van der Waals surface area contributed by atoms with Crippen LogP contribution in [0.3, 0.4) is 0 Å². The minimum absolute atomic E-state index is 0.0948. The minimum Gasteiger partial charge on any atom is -0.482 e. The highest BCUT2D eigenvalue weighted by molar-refractivity contribution is 7.89. The number of ether oxygens (including phenoxy) is 2. The predicted octanol–water partition coefficient (Wildman–Crippen LogP) is 2.62. The fourth-order valence-electron chi connectivity index (χ4n) is 3.33. The van der Waals surface area contributed by atoms with Gasteiger partial charge in [0.05, 0.1) is 16.5 Å². The average Bonchev–Trinajstić information content (AvgIpc) is 2.72. The Morgan fingerprint density at radius 1 is 1.23 bits per heavy atom. The second-order valence-electron chi connectivity index (χ2n) is 7.16. The molecule has 0 aliphatic carbocycles. The Labute approximate surface area is 182 Å². The second kappa shape index (κ2) is 9.78. The standard InChI is InChI=1S/C21H25ClN2O5S/c1-15(13-28-2)23-21(25)14-29-20-8-7-18(11-19(20)22)30(26,27)24-10-9-16-5-3-4-6-17(16)12-24/h3-8,11,15H,9-10,12-14H2,1-2H3,(H,23,25)/t15-/m1/s1. The van der Waals surface area contributed by atoms with Crippen molar-refractivity contribution in [3.63, 3.8) is 0 Å². The highest BCUT2D eigenvalue weighted by Crippen LogP contribution is 2.30. The van der Waals surface area contributed by atoms with E-state index in [1.807, 2.05) is 31.2 Å². The molecule has 0 spiro atoms. The molecule has 0 bridgehead atoms. The Hall–Kier alpha value is -2.13. The zero-order chi connectivity index (χ0) is 21.7. The van der Waals surface area contributed by atoms with Crippen molar-refractivity contribution >= 4 is 27.5 Å². The van der Waals surface area contributed by atoms with Gasteiger partial charge in [-0.05, 0) is 42.7 Å². The summed E-state index contributed by atoms with van der Waals surface area (Å²) in [5.41, 5.74) is 2.18. The highest BCUT2D eigenvalue weighted by Gasteiger charge is 2.28. The van der Waals surface area contributed by atoms with Gasteiger partial charge in [0, 0.05) is 26.2 Å². The molecule has 0 saturated heterocycles. The molecule has 162 valence electrons. The van der Waals surface area contributed by atoms with Crippen molar-refractivity contribution in [3.8, 4) is 5.75 Å². The highest BCUT2D eigenvalue weighted by atomic mass is 35.5. The lowest BCUT2D eigenvalue weighted by Gasteiger charge is -2.28. The van der Waals surface area contributed by atoms with Crippen molar-refractivity contribution in [3.05, 3.63) is 58.6 Å². The monoisotopic (exact) mass is 452 g/mol. The summed E-state index contributed by atoms with van der Waals surface area (Å²) in [6.07, 6.45) is 0.668. The van der Waals surface area contributed by atoms with Crippen molar-refractivity contribution in [1.82, 2.24) is 9.62 Å². The van der Waals surface area contributed by atoms with E-state index in [9.17, 15) is 13.2 Å². The van der Waals surface area contributed by atoms with Gasteiger partial charge in [-0.15, -0.1) is 0 Å². The van der Waals surface area contributed by atoms with Crippen molar-refractivity contribution < 1.29 is 22.7 Å². The van der Waals surface area contributed by atoms with Gasteiger partial charge in [0.1, 0.15) is 5.75 Å². The lowest BCUT2D eigenvalue weighted by Crippen LogP contribution is -2.38. The molecular weight excluding hydrogens is 428 g/mol. The van der Waals surface area contributed by atoms with E-state index in [4.69, 9.17) is 21.1 Å². The number of nitrogens with one attached hydrogen (secondary N) is 1. The van der Waals surface area contributed by atoms with Crippen LogP contribution < -0.4 is 10.1 Å². The first-order chi connectivity index (χ1) is 14.3. The number of nitrogens with zero attached hydrogens (tertiary/aromatic N) is 1. The van der Waals surface area contributed by atoms with Gasteiger partial charge in [-0.2, -0.15) is 4.31 Å². The third-order valence-corrected chi connectivity index (χ3v) is 6.96. The Morgan fingerprint density at radius 2 is 1.97 bits per heavy atom. The summed E-state index contributed by atoms with van der Waals surface area (Å²) in [5.74, 6) is -0.0755. The van der Waals surface area contributed by atoms with E-state index in [1.54, 1.807) is 7.11 Å². The number of carbonyl (C=O) groups excluding carboxylic acids is 1. The molecule has 2 aromatic carbocycles. The first-order valence-electron chi connectivity index (χ1n) is 9.59. The van der Waals surface area contributed by atoms with Crippen LogP contribution in [-0.4, -0.2) is 51.5 Å². The predicted molar refractivity (Wildman–Crippen MR) is 114 cm³/mol. The van der Waals surface area contributed by atoms with Gasteiger partial charge in [-0.1, -0.05) is 35.9 Å². The smallest absolute Gasteiger partial charge is 0.258 e. The van der Waals surface area contributed by atoms with Gasteiger partial charge >= 0.3 is 0 Å². The van der Waals surface area contributed by atoms with E-state index in [1.165, 1.54) is 28.1 Å². The van der Waals surface area contributed by atoms with E-state index in [2.05, 4.69) is 5.32 Å². The van der Waals surface area contributed by atoms with Crippen LogP contribution >= 0.6 is 11.6 Å². The van der Waals surface area contributed by atoms with Crippen LogP contribution in [-0.2, 0) is 32.5 Å². The van der Waals surface area contributed by atoms with Crippen LogP contribution in [0.2, 0.25) is 5.02 Å². The summed E-state index contributed by atoms with van der Waals surface area (Å²) in [7, 11) is -2.14. The molecule has 7 nitrogen and oxygen atoms in total. The third kappa shape index (κ3) is 5.31. The fraction of sp³-hybridized carbons (Fsp3) is 0.381. The van der Waals surface area contributed by atoms with Gasteiger partial charge in [0.25, 0.3) is 5.91 Å². The quantitative estimate of drug-likeness (QED) is 0.665. The Balaban J connectivity index is 1.66. The topological polar surface area (TPSA) is 84.9 Å². The maximum absolute atomic E-state index is 13.1. The lowest BCUT2D eigenvalue weighted by molar-refractivity contribution is -0.124. The molecule has 30 heavy (non-hydrogen) atoms. The van der Waals surface area contributed by atoms with E-state index in [-0.39, 0.29) is 34.2 Å². The first-order valence-corrected chi connectivity index (χ1v) is 11.4. The van der Waals surface area contributed by atoms with Crippen molar-refractivity contribution in [2.24, 2.45) is 0 Å². The Morgan fingerprint density at radius 3 is 2.67 bits per heavy atom. The summed E-state index contributed by atoms with van der Waals surface area (Å²) in [5, 5.41) is 2.85. The van der Waals surface area contributed by atoms with Crippen LogP contribution in [0.4, 0.5) is 0 Å². The summed E-state index contributed by atoms with van der Waals surface area (Å²) in [6.45, 7) is 2.71. The van der Waals surface area contributed by atoms with Crippen molar-refractivity contribution in [1.29, 1.82) is 0 Å². The van der Waals surface area contributed by atoms with E-state index in [0.29, 0.717) is 26.1 Å². The molecule has 1 aliphatic heterocycles. The van der Waals surface area contributed by atoms with Crippen molar-refractivity contribution in [2.75, 3.05) is 26.9 Å². The van der Waals surface area contributed by atoms with Crippen LogP contribution in [0.15, 0.2) is 47.4 Å². The van der Waals surface area contributed by atoms with Crippen LogP contribution in [0.5, 0.6) is 5.75 Å². The second-order valence-corrected chi connectivity index (χ2v) is 9.51. The van der Waals surface area contributed by atoms with Gasteiger partial charge in [0.15, 0.2) is 6.61 Å². The van der Waals surface area contributed by atoms with Gasteiger partial charge in [-0.25, -0.2) is 8.42 Å². The molecule has 0 radical (unpaired) electrons. The normalized spacial score (nSPS) is 15.3. The summed E-state index contributed by atoms with van der Waals surface area (Å²) < 4.78 is 38.0. The molecule has 0 saturated carbocycles. The zero-order valence-corrected chi connectivity index (χ0v) is 18.5. The zero-order valence-electron chi connectivity index (χ0n) is 16.9. The molecule has 1 heterocycles. The number of hydrogen-bond donors (Lipinski definition) is 1. The molecule has 2 aromatic rings. The van der Waals surface area contributed by atoms with E-state index >= 15 is 0 Å². The molecular formula is C21H25ClN2O5S. The molecule has 1 N–H and O–H groups in total. The number of benzene rings is 2. The maximum Gasteiger partial charge on any atom is 0.258 e. The molecule has 1 amide bonds. The van der Waals surface area contributed by atoms with Crippen LogP contribution in [0.25, 0.3) is 0 Å². The maximum atomic E-state index is 13.1. The number of halogens is 1. The summed E-state index contributed by atoms with van der Waals surface area (Å²) >= 11 is 6.23.